The summed E-state index contributed by atoms with van der Waals surface area (Å²) in [6, 6.07) is 87.3. The van der Waals surface area contributed by atoms with Crippen molar-refractivity contribution in [3.8, 4) is 55.6 Å². The van der Waals surface area contributed by atoms with Gasteiger partial charge in [-0.25, -0.2) is 0 Å². The number of hydrogen-bond donors (Lipinski definition) is 0. The van der Waals surface area contributed by atoms with Crippen LogP contribution in [0.5, 0.6) is 0 Å². The van der Waals surface area contributed by atoms with Crippen molar-refractivity contribution in [3.05, 3.63) is 237 Å². The second kappa shape index (κ2) is 14.9. The van der Waals surface area contributed by atoms with Gasteiger partial charge < -0.3 is 9.71 Å². The SMILES string of the molecule is c1ccc(-c2ccc(N3B4c5cc(-c6ccccc6)ccc5N(c5ccc(-c6ccccc6)cc5)c5cc6sc7ccccc7c6c(c54)-c4cc(-c5ccccc5)ccc43)cc2)cc1. The van der Waals surface area contributed by atoms with Crippen molar-refractivity contribution in [2.75, 3.05) is 9.71 Å². The van der Waals surface area contributed by atoms with Crippen molar-refractivity contribution in [2.45, 2.75) is 0 Å². The number of fused-ring (bicyclic) bond motifs is 8. The van der Waals surface area contributed by atoms with E-state index in [-0.39, 0.29) is 6.85 Å². The first kappa shape index (κ1) is 36.7. The third-order valence-electron chi connectivity index (χ3n) is 13.2. The summed E-state index contributed by atoms with van der Waals surface area (Å²) in [5, 5.41) is 2.63. The highest BCUT2D eigenvalue weighted by molar-refractivity contribution is 7.26. The Labute approximate surface area is 377 Å². The maximum Gasteiger partial charge on any atom is 0.333 e. The molecule has 0 saturated heterocycles. The lowest BCUT2D eigenvalue weighted by molar-refractivity contribution is 1.28. The number of benzene rings is 10. The molecule has 0 amide bonds. The molecule has 298 valence electrons. The fraction of sp³-hybridized carbons (Fsp3) is 0. The summed E-state index contributed by atoms with van der Waals surface area (Å²) in [5.74, 6) is 0. The number of nitrogens with zero attached hydrogens (tertiary/aromatic N) is 2. The lowest BCUT2D eigenvalue weighted by Gasteiger charge is -2.46. The van der Waals surface area contributed by atoms with Gasteiger partial charge in [-0.2, -0.15) is 0 Å². The second-order valence-electron chi connectivity index (χ2n) is 16.8. The first-order chi connectivity index (χ1) is 31.7. The standard InChI is InChI=1S/C60H39BN2S/c1-5-15-40(16-6-1)44-25-31-48(32-26-44)62-54-36-30-47(43-21-11-4-12-22-43)38-52(54)61-60-55(62)39-57-58(50-23-13-14-24-56(50)64-57)59(60)51-37-46(42-19-9-3-10-20-42)29-35-53(51)63(61)49-33-27-45(28-34-49)41-17-7-2-8-18-41/h1-39H. The summed E-state index contributed by atoms with van der Waals surface area (Å²) in [6.07, 6.45) is 0. The van der Waals surface area contributed by atoms with Crippen molar-refractivity contribution in [1.82, 2.24) is 0 Å². The molecule has 0 N–H and O–H groups in total. The first-order valence-corrected chi connectivity index (χ1v) is 22.8. The molecule has 2 aliphatic heterocycles. The Morgan fingerprint density at radius 3 is 1.41 bits per heavy atom. The largest absolute Gasteiger partial charge is 0.376 e. The first-order valence-electron chi connectivity index (χ1n) is 22.0. The highest BCUT2D eigenvalue weighted by Gasteiger charge is 2.46. The Kier molecular flexibility index (Phi) is 8.53. The van der Waals surface area contributed by atoms with Crippen molar-refractivity contribution < 1.29 is 0 Å². The van der Waals surface area contributed by atoms with Crippen molar-refractivity contribution >= 4 is 77.7 Å². The van der Waals surface area contributed by atoms with Crippen molar-refractivity contribution in [3.63, 3.8) is 0 Å². The van der Waals surface area contributed by atoms with Crippen LogP contribution in [0.2, 0.25) is 0 Å². The lowest BCUT2D eigenvalue weighted by atomic mass is 9.43. The van der Waals surface area contributed by atoms with Crippen LogP contribution >= 0.6 is 11.3 Å². The van der Waals surface area contributed by atoms with E-state index in [9.17, 15) is 0 Å². The van der Waals surface area contributed by atoms with Gasteiger partial charge in [-0.15, -0.1) is 11.3 Å². The van der Waals surface area contributed by atoms with E-state index >= 15 is 0 Å². The maximum absolute atomic E-state index is 2.63. The van der Waals surface area contributed by atoms with Crippen LogP contribution in [-0.4, -0.2) is 6.85 Å². The van der Waals surface area contributed by atoms with Gasteiger partial charge in [0.25, 0.3) is 0 Å². The molecule has 11 aromatic rings. The van der Waals surface area contributed by atoms with E-state index in [0.717, 1.165) is 11.4 Å². The van der Waals surface area contributed by atoms with Crippen LogP contribution in [-0.2, 0) is 0 Å². The Hall–Kier alpha value is -7.92. The van der Waals surface area contributed by atoms with E-state index in [4.69, 9.17) is 0 Å². The Morgan fingerprint density at radius 1 is 0.344 bits per heavy atom. The Morgan fingerprint density at radius 2 is 0.812 bits per heavy atom. The van der Waals surface area contributed by atoms with Gasteiger partial charge in [-0.05, 0) is 116 Å². The van der Waals surface area contributed by atoms with Crippen LogP contribution in [0.25, 0.3) is 75.8 Å². The van der Waals surface area contributed by atoms with Gasteiger partial charge in [0.15, 0.2) is 0 Å². The summed E-state index contributed by atoms with van der Waals surface area (Å²) < 4.78 is 2.59. The molecule has 2 nitrogen and oxygen atoms in total. The van der Waals surface area contributed by atoms with E-state index < -0.39 is 0 Å². The minimum absolute atomic E-state index is 0.135. The topological polar surface area (TPSA) is 6.48 Å². The highest BCUT2D eigenvalue weighted by Crippen LogP contribution is 2.52. The molecule has 0 fully saturated rings. The van der Waals surface area contributed by atoms with E-state index in [1.54, 1.807) is 0 Å². The van der Waals surface area contributed by atoms with Crippen LogP contribution in [0.4, 0.5) is 28.4 Å². The summed E-state index contributed by atoms with van der Waals surface area (Å²) in [6.45, 7) is -0.135. The smallest absolute Gasteiger partial charge is 0.333 e. The van der Waals surface area contributed by atoms with Gasteiger partial charge in [-0.1, -0.05) is 182 Å². The molecule has 0 atom stereocenters. The molecule has 3 heterocycles. The third kappa shape index (κ3) is 5.87. The molecular weight excluding hydrogens is 792 g/mol. The molecule has 4 heteroatoms. The monoisotopic (exact) mass is 830 g/mol. The maximum atomic E-state index is 2.63. The van der Waals surface area contributed by atoms with Gasteiger partial charge in [0.05, 0.1) is 0 Å². The zero-order valence-electron chi connectivity index (χ0n) is 34.9. The summed E-state index contributed by atoms with van der Waals surface area (Å²) >= 11 is 1.90. The number of rotatable bonds is 6. The zero-order chi connectivity index (χ0) is 42.1. The Bertz CT molecular complexity index is 3530. The van der Waals surface area contributed by atoms with Crippen LogP contribution < -0.4 is 20.6 Å². The average Bonchev–Trinajstić information content (AvgIpc) is 3.75. The molecule has 0 radical (unpaired) electrons. The molecule has 1 aromatic heterocycles. The molecule has 10 aromatic carbocycles. The summed E-state index contributed by atoms with van der Waals surface area (Å²) in [7, 11) is 0. The number of anilines is 5. The minimum Gasteiger partial charge on any atom is -0.376 e. The molecular formula is C60H39BN2S. The van der Waals surface area contributed by atoms with E-state index in [2.05, 4.69) is 246 Å². The average molecular weight is 831 g/mol. The molecule has 64 heavy (non-hydrogen) atoms. The molecule has 13 rings (SSSR count). The normalized spacial score (nSPS) is 12.6. The van der Waals surface area contributed by atoms with E-state index in [1.165, 1.54) is 104 Å². The van der Waals surface area contributed by atoms with Crippen LogP contribution in [0, 0.1) is 0 Å². The number of thiophene rings is 1. The van der Waals surface area contributed by atoms with Crippen LogP contribution in [0.1, 0.15) is 0 Å². The second-order valence-corrected chi connectivity index (χ2v) is 17.9. The van der Waals surface area contributed by atoms with Gasteiger partial charge in [0.2, 0.25) is 0 Å². The van der Waals surface area contributed by atoms with Crippen LogP contribution in [0.3, 0.4) is 0 Å². The predicted octanol–water partition coefficient (Wildman–Crippen LogP) is 15.4. The predicted molar refractivity (Wildman–Crippen MR) is 275 cm³/mol. The fourth-order valence-electron chi connectivity index (χ4n) is 10.3. The van der Waals surface area contributed by atoms with Gasteiger partial charge in [-0.3, -0.25) is 0 Å². The van der Waals surface area contributed by atoms with E-state index in [0.29, 0.717) is 0 Å². The van der Waals surface area contributed by atoms with Gasteiger partial charge in [0, 0.05) is 54.2 Å². The number of hydrogen-bond acceptors (Lipinski definition) is 3. The molecule has 0 saturated carbocycles. The molecule has 0 spiro atoms. The van der Waals surface area contributed by atoms with Crippen molar-refractivity contribution in [1.29, 1.82) is 0 Å². The summed E-state index contributed by atoms with van der Waals surface area (Å²) in [4.78, 5) is 5.18. The van der Waals surface area contributed by atoms with Crippen molar-refractivity contribution in [2.24, 2.45) is 0 Å². The highest BCUT2D eigenvalue weighted by atomic mass is 32.1. The molecule has 0 aliphatic carbocycles. The van der Waals surface area contributed by atoms with E-state index in [1.807, 2.05) is 11.3 Å². The Balaban J connectivity index is 1.14. The summed E-state index contributed by atoms with van der Waals surface area (Å²) in [5.41, 5.74) is 20.7. The fourth-order valence-corrected chi connectivity index (χ4v) is 11.5. The lowest BCUT2D eigenvalue weighted by Crippen LogP contribution is -2.61. The zero-order valence-corrected chi connectivity index (χ0v) is 35.7. The van der Waals surface area contributed by atoms with Gasteiger partial charge >= 0.3 is 6.85 Å². The molecule has 2 aliphatic rings. The minimum atomic E-state index is -0.135. The molecule has 0 bridgehead atoms. The third-order valence-corrected chi connectivity index (χ3v) is 14.4. The quantitative estimate of drug-likeness (QED) is 0.154. The van der Waals surface area contributed by atoms with Gasteiger partial charge in [0.1, 0.15) is 0 Å². The van der Waals surface area contributed by atoms with Crippen LogP contribution in [0.15, 0.2) is 237 Å². The molecule has 0 unspecified atom stereocenters.